The minimum atomic E-state index is -0.0388. The normalized spacial score (nSPS) is 32.6. The number of benzene rings is 4. The van der Waals surface area contributed by atoms with E-state index >= 15 is 0 Å². The van der Waals surface area contributed by atoms with E-state index in [-0.39, 0.29) is 10.0 Å². The van der Waals surface area contributed by atoms with E-state index < -0.39 is 0 Å². The molecule has 3 fully saturated rings. The van der Waals surface area contributed by atoms with Crippen molar-refractivity contribution in [2.45, 2.75) is 40.8 Å². The van der Waals surface area contributed by atoms with E-state index in [4.69, 9.17) is 12.6 Å². The topological polar surface area (TPSA) is 0 Å². The largest absolute Gasteiger partial charge is 0.222 e. The van der Waals surface area contributed by atoms with Crippen LogP contribution < -0.4 is 0 Å². The van der Waals surface area contributed by atoms with Crippen LogP contribution >= 0.6 is 22.7 Å². The van der Waals surface area contributed by atoms with Crippen molar-refractivity contribution in [3.63, 3.8) is 0 Å². The summed E-state index contributed by atoms with van der Waals surface area (Å²) in [7, 11) is -0.0388. The average Bonchev–Trinajstić information content (AvgIpc) is 3.65. The molecule has 140 valence electrons. The Labute approximate surface area is 173 Å². The van der Waals surface area contributed by atoms with Crippen LogP contribution in [-0.4, -0.2) is 16.3 Å². The second kappa shape index (κ2) is 5.29. The lowest BCUT2D eigenvalue weighted by molar-refractivity contribution is 0.783. The van der Waals surface area contributed by atoms with Crippen LogP contribution in [0.25, 0.3) is 32.3 Å². The summed E-state index contributed by atoms with van der Waals surface area (Å²) in [6.45, 7) is 2.23. The highest BCUT2D eigenvalue weighted by atomic mass is 32.3. The Morgan fingerprint density at radius 2 is 1.54 bits per heavy atom. The van der Waals surface area contributed by atoms with Crippen molar-refractivity contribution >= 4 is 55.0 Å². The molecular weight excluding hydrogens is 376 g/mol. The summed E-state index contributed by atoms with van der Waals surface area (Å²) < 4.78 is 0. The van der Waals surface area contributed by atoms with Crippen molar-refractivity contribution < 1.29 is 0 Å². The van der Waals surface area contributed by atoms with Gasteiger partial charge in [0.15, 0.2) is 0 Å². The van der Waals surface area contributed by atoms with Gasteiger partial charge in [0.25, 0.3) is 0 Å². The molecule has 4 aromatic carbocycles. The lowest BCUT2D eigenvalue weighted by atomic mass is 9.94. The second-order valence-electron chi connectivity index (χ2n) is 8.99. The highest BCUT2D eigenvalue weighted by Gasteiger charge is 2.94. The molecule has 7 rings (SSSR count). The van der Waals surface area contributed by atoms with Gasteiger partial charge in [-0.1, -0.05) is 74.0 Å². The number of fused-ring (bicyclic) bond motifs is 6. The van der Waals surface area contributed by atoms with Crippen LogP contribution in [0.4, 0.5) is 0 Å². The second-order valence-corrected chi connectivity index (χ2v) is 13.4. The first-order valence-corrected chi connectivity index (χ1v) is 13.1. The first kappa shape index (κ1) is 16.2. The third-order valence-electron chi connectivity index (χ3n) is 7.55. The number of rotatable bonds is 4. The van der Waals surface area contributed by atoms with Crippen LogP contribution in [0.3, 0.4) is 0 Å². The Hall–Kier alpha value is -1.64. The molecule has 3 heterocycles. The first-order valence-electron chi connectivity index (χ1n) is 10.6. The lowest BCUT2D eigenvalue weighted by Gasteiger charge is -2.13. The van der Waals surface area contributed by atoms with Gasteiger partial charge in [-0.2, -0.15) is 12.6 Å². The SMILES string of the molecule is CCCC(S)c1ccc2c(ccc3c4ccc(C5C6C7CS756)cc4ccc23)c1. The quantitative estimate of drug-likeness (QED) is 0.204. The summed E-state index contributed by atoms with van der Waals surface area (Å²) in [6.07, 6.45) is 2.30. The van der Waals surface area contributed by atoms with Crippen molar-refractivity contribution in [3.05, 3.63) is 71.8 Å². The summed E-state index contributed by atoms with van der Waals surface area (Å²) in [5, 5.41) is 11.9. The Bertz CT molecular complexity index is 1310. The van der Waals surface area contributed by atoms with Crippen molar-refractivity contribution in [2.24, 2.45) is 0 Å². The summed E-state index contributed by atoms with van der Waals surface area (Å²) in [5.41, 5.74) is 2.97. The molecule has 0 aliphatic carbocycles. The van der Waals surface area contributed by atoms with Crippen molar-refractivity contribution in [1.29, 1.82) is 0 Å². The Morgan fingerprint density at radius 3 is 2.18 bits per heavy atom. The van der Waals surface area contributed by atoms with E-state index in [1.807, 2.05) is 0 Å². The molecule has 0 amide bonds. The molecule has 0 nitrogen and oxygen atoms in total. The average molecular weight is 401 g/mol. The smallest absolute Gasteiger partial charge is 0.0267 e. The van der Waals surface area contributed by atoms with E-state index in [0.717, 1.165) is 16.9 Å². The van der Waals surface area contributed by atoms with Gasteiger partial charge in [0.05, 0.1) is 0 Å². The third kappa shape index (κ3) is 1.96. The maximum atomic E-state index is 4.80. The molecule has 0 aromatic heterocycles. The van der Waals surface area contributed by atoms with Crippen LogP contribution in [0.5, 0.6) is 0 Å². The fraction of sp³-hybridized carbons (Fsp3) is 0.308. The summed E-state index contributed by atoms with van der Waals surface area (Å²) >= 11 is 4.80. The number of hydrogen-bond donors (Lipinski definition) is 1. The lowest BCUT2D eigenvalue weighted by Crippen LogP contribution is -1.94. The number of thiol groups is 1. The summed E-state index contributed by atoms with van der Waals surface area (Å²) in [6, 6.07) is 23.5. The van der Waals surface area contributed by atoms with E-state index in [9.17, 15) is 0 Å². The Kier molecular flexibility index (Phi) is 3.06. The molecule has 3 saturated heterocycles. The van der Waals surface area contributed by atoms with Crippen LogP contribution in [0, 0.1) is 0 Å². The van der Waals surface area contributed by atoms with Crippen molar-refractivity contribution in [3.8, 4) is 0 Å². The molecule has 4 aromatic rings. The third-order valence-corrected chi connectivity index (χ3v) is 12.7. The molecule has 0 radical (unpaired) electrons. The Balaban J connectivity index is 1.35. The van der Waals surface area contributed by atoms with Gasteiger partial charge in [-0.3, -0.25) is 0 Å². The zero-order valence-corrected chi connectivity index (χ0v) is 17.8. The van der Waals surface area contributed by atoms with Gasteiger partial charge < -0.3 is 0 Å². The fourth-order valence-corrected chi connectivity index (χ4v) is 11.3. The standard InChI is InChI=1S/C26H24S2/c1-2-3-23(27)17-6-8-19-15(12-17)4-10-22-20-9-7-18(13-16(20)5-11-21(19)22)25-26-24-14-28(24,25)26/h4-13,23-27H,2-3,14H2,1H3. The monoisotopic (exact) mass is 400 g/mol. The van der Waals surface area contributed by atoms with E-state index in [1.165, 1.54) is 49.6 Å². The van der Waals surface area contributed by atoms with Crippen LogP contribution in [-0.2, 0) is 0 Å². The van der Waals surface area contributed by atoms with E-state index in [0.29, 0.717) is 5.25 Å². The highest BCUT2D eigenvalue weighted by molar-refractivity contribution is 8.53. The van der Waals surface area contributed by atoms with Gasteiger partial charge in [0, 0.05) is 21.0 Å². The van der Waals surface area contributed by atoms with Gasteiger partial charge in [-0.25, -0.2) is 10.0 Å². The minimum Gasteiger partial charge on any atom is -0.222 e. The summed E-state index contributed by atoms with van der Waals surface area (Å²) in [5.74, 6) is 1.59. The van der Waals surface area contributed by atoms with Crippen LogP contribution in [0.2, 0.25) is 0 Å². The molecular formula is C26H24S2. The van der Waals surface area contributed by atoms with Gasteiger partial charge in [0.2, 0.25) is 0 Å². The first-order chi connectivity index (χ1) is 13.7. The molecule has 3 aliphatic heterocycles. The minimum absolute atomic E-state index is 0.0388. The maximum absolute atomic E-state index is 4.80. The maximum Gasteiger partial charge on any atom is 0.0267 e. The molecule has 5 unspecified atom stereocenters. The van der Waals surface area contributed by atoms with Gasteiger partial charge in [-0.15, -0.1) is 0 Å². The Morgan fingerprint density at radius 1 is 0.893 bits per heavy atom. The zero-order chi connectivity index (χ0) is 18.6. The molecule has 0 bridgehead atoms. The highest BCUT2D eigenvalue weighted by Crippen LogP contribution is 3.14. The fourth-order valence-electron chi connectivity index (χ4n) is 5.75. The van der Waals surface area contributed by atoms with E-state index in [1.54, 1.807) is 11.3 Å². The molecule has 2 heteroatoms. The molecule has 5 atom stereocenters. The molecule has 1 spiro atoms. The molecule has 0 N–H and O–H groups in total. The number of hydrogen-bond acceptors (Lipinski definition) is 1. The summed E-state index contributed by atoms with van der Waals surface area (Å²) in [4.78, 5) is 0. The molecule has 3 aliphatic rings. The van der Waals surface area contributed by atoms with E-state index in [2.05, 4.69) is 67.6 Å². The van der Waals surface area contributed by atoms with Crippen LogP contribution in [0.15, 0.2) is 60.7 Å². The molecule has 0 saturated carbocycles. The predicted octanol–water partition coefficient (Wildman–Crippen LogP) is 7.54. The van der Waals surface area contributed by atoms with Crippen molar-refractivity contribution in [1.82, 2.24) is 0 Å². The van der Waals surface area contributed by atoms with Gasteiger partial charge in [0.1, 0.15) is 0 Å². The zero-order valence-electron chi connectivity index (χ0n) is 16.1. The van der Waals surface area contributed by atoms with Crippen molar-refractivity contribution in [2.75, 3.05) is 5.75 Å². The van der Waals surface area contributed by atoms with Crippen LogP contribution in [0.1, 0.15) is 41.4 Å². The van der Waals surface area contributed by atoms with Gasteiger partial charge >= 0.3 is 0 Å². The van der Waals surface area contributed by atoms with Gasteiger partial charge in [-0.05, 0) is 55.6 Å². The predicted molar refractivity (Wildman–Crippen MR) is 128 cm³/mol. The molecule has 28 heavy (non-hydrogen) atoms.